The zero-order valence-corrected chi connectivity index (χ0v) is 14.4. The number of amides is 1. The summed E-state index contributed by atoms with van der Waals surface area (Å²) in [6.07, 6.45) is -3.53. The maximum absolute atomic E-state index is 14.2. The maximum Gasteiger partial charge on any atom is 0.417 e. The number of carbonyl (C=O) groups is 1. The predicted octanol–water partition coefficient (Wildman–Crippen LogP) is 3.37. The molecular formula is C19H13F4N3O2. The van der Waals surface area contributed by atoms with E-state index in [0.29, 0.717) is 0 Å². The lowest BCUT2D eigenvalue weighted by Crippen LogP contribution is -2.25. The molecule has 2 aromatic carbocycles. The number of nitrogens with two attached hydrogens (primary N) is 1. The van der Waals surface area contributed by atoms with Gasteiger partial charge in [0.25, 0.3) is 11.5 Å². The van der Waals surface area contributed by atoms with Crippen molar-refractivity contribution in [1.29, 1.82) is 0 Å². The second-order valence-corrected chi connectivity index (χ2v) is 6.03. The average Bonchev–Trinajstić information content (AvgIpc) is 2.62. The first-order valence-corrected chi connectivity index (χ1v) is 7.93. The summed E-state index contributed by atoms with van der Waals surface area (Å²) >= 11 is 0. The standard InChI is InChI=1S/C19H13F4N3O2/c1-26-9-15(17(24)27)25-16(18(26)28)11-6-10(7-12(20)8-11)13-4-2-3-5-14(13)19(21,22)23/h2-9H,1H3,(H2,24,27). The second-order valence-electron chi connectivity index (χ2n) is 6.03. The monoisotopic (exact) mass is 391 g/mol. The highest BCUT2D eigenvalue weighted by Gasteiger charge is 2.33. The number of aromatic nitrogens is 2. The Balaban J connectivity index is 2.26. The van der Waals surface area contributed by atoms with Gasteiger partial charge in [-0.2, -0.15) is 13.2 Å². The van der Waals surface area contributed by atoms with Crippen molar-refractivity contribution in [2.75, 3.05) is 0 Å². The van der Waals surface area contributed by atoms with E-state index in [-0.39, 0.29) is 28.1 Å². The molecule has 1 aromatic heterocycles. The van der Waals surface area contributed by atoms with Gasteiger partial charge in [0, 0.05) is 18.8 Å². The van der Waals surface area contributed by atoms with E-state index < -0.39 is 29.0 Å². The Morgan fingerprint density at radius 3 is 2.39 bits per heavy atom. The molecule has 0 spiro atoms. The van der Waals surface area contributed by atoms with Gasteiger partial charge < -0.3 is 10.3 Å². The van der Waals surface area contributed by atoms with Gasteiger partial charge in [-0.1, -0.05) is 18.2 Å². The van der Waals surface area contributed by atoms with Crippen LogP contribution in [0.1, 0.15) is 16.1 Å². The maximum atomic E-state index is 14.2. The van der Waals surface area contributed by atoms with Gasteiger partial charge in [0.1, 0.15) is 17.2 Å². The number of rotatable bonds is 3. The van der Waals surface area contributed by atoms with Crippen molar-refractivity contribution in [2.45, 2.75) is 6.18 Å². The number of hydrogen-bond donors (Lipinski definition) is 1. The SMILES string of the molecule is Cn1cc(C(N)=O)nc(-c2cc(F)cc(-c3ccccc3C(F)(F)F)c2)c1=O. The normalized spacial score (nSPS) is 11.5. The van der Waals surface area contributed by atoms with Crippen molar-refractivity contribution in [3.8, 4) is 22.4 Å². The van der Waals surface area contributed by atoms with Crippen LogP contribution in [0.5, 0.6) is 0 Å². The average molecular weight is 391 g/mol. The van der Waals surface area contributed by atoms with E-state index in [1.165, 1.54) is 31.3 Å². The fourth-order valence-corrected chi connectivity index (χ4v) is 2.78. The molecule has 3 aromatic rings. The summed E-state index contributed by atoms with van der Waals surface area (Å²) in [5.41, 5.74) is 2.62. The third-order valence-corrected chi connectivity index (χ3v) is 4.04. The molecule has 144 valence electrons. The van der Waals surface area contributed by atoms with Gasteiger partial charge >= 0.3 is 6.18 Å². The Hall–Kier alpha value is -3.49. The van der Waals surface area contributed by atoms with E-state index in [0.717, 1.165) is 29.0 Å². The van der Waals surface area contributed by atoms with Gasteiger partial charge in [0.2, 0.25) is 0 Å². The van der Waals surface area contributed by atoms with E-state index in [4.69, 9.17) is 5.73 Å². The van der Waals surface area contributed by atoms with Gasteiger partial charge in [0.15, 0.2) is 0 Å². The number of nitrogens with zero attached hydrogens (tertiary/aromatic N) is 2. The summed E-state index contributed by atoms with van der Waals surface area (Å²) in [5, 5.41) is 0. The largest absolute Gasteiger partial charge is 0.417 e. The molecule has 28 heavy (non-hydrogen) atoms. The minimum atomic E-state index is -4.65. The fraction of sp³-hybridized carbons (Fsp3) is 0.105. The zero-order chi connectivity index (χ0) is 20.6. The van der Waals surface area contributed by atoms with E-state index in [9.17, 15) is 27.2 Å². The molecule has 0 saturated heterocycles. The summed E-state index contributed by atoms with van der Waals surface area (Å²) in [6, 6.07) is 7.78. The summed E-state index contributed by atoms with van der Waals surface area (Å²) < 4.78 is 55.2. The molecule has 9 heteroatoms. The molecule has 0 aliphatic carbocycles. The molecule has 0 saturated carbocycles. The minimum Gasteiger partial charge on any atom is -0.364 e. The fourth-order valence-electron chi connectivity index (χ4n) is 2.78. The van der Waals surface area contributed by atoms with Crippen molar-refractivity contribution < 1.29 is 22.4 Å². The van der Waals surface area contributed by atoms with Crippen LogP contribution in [0.3, 0.4) is 0 Å². The van der Waals surface area contributed by atoms with Crippen LogP contribution >= 0.6 is 0 Å². The molecule has 5 nitrogen and oxygen atoms in total. The lowest BCUT2D eigenvalue weighted by molar-refractivity contribution is -0.137. The first-order chi connectivity index (χ1) is 13.1. The summed E-state index contributed by atoms with van der Waals surface area (Å²) in [5.74, 6) is -1.77. The molecular weight excluding hydrogens is 378 g/mol. The van der Waals surface area contributed by atoms with Gasteiger partial charge in [0.05, 0.1) is 5.56 Å². The van der Waals surface area contributed by atoms with Crippen LogP contribution in [-0.2, 0) is 13.2 Å². The summed E-state index contributed by atoms with van der Waals surface area (Å²) in [6.45, 7) is 0. The highest BCUT2D eigenvalue weighted by Crippen LogP contribution is 2.38. The molecule has 0 fully saturated rings. The van der Waals surface area contributed by atoms with E-state index in [1.54, 1.807) is 0 Å². The zero-order valence-electron chi connectivity index (χ0n) is 14.4. The smallest absolute Gasteiger partial charge is 0.364 e. The Labute approximate surface area is 156 Å². The van der Waals surface area contributed by atoms with Crippen LogP contribution in [0.25, 0.3) is 22.4 Å². The Morgan fingerprint density at radius 2 is 1.75 bits per heavy atom. The van der Waals surface area contributed by atoms with Crippen LogP contribution in [0.2, 0.25) is 0 Å². The summed E-state index contributed by atoms with van der Waals surface area (Å²) in [4.78, 5) is 27.6. The lowest BCUT2D eigenvalue weighted by atomic mass is 9.97. The third kappa shape index (κ3) is 3.64. The topological polar surface area (TPSA) is 78.0 Å². The van der Waals surface area contributed by atoms with Crippen molar-refractivity contribution in [2.24, 2.45) is 12.8 Å². The van der Waals surface area contributed by atoms with Crippen molar-refractivity contribution >= 4 is 5.91 Å². The van der Waals surface area contributed by atoms with Gasteiger partial charge in [-0.3, -0.25) is 9.59 Å². The molecule has 0 unspecified atom stereocenters. The quantitative estimate of drug-likeness (QED) is 0.696. The molecule has 0 aliphatic heterocycles. The number of primary amides is 1. The number of hydrogen-bond acceptors (Lipinski definition) is 3. The highest BCUT2D eigenvalue weighted by atomic mass is 19.4. The van der Waals surface area contributed by atoms with Gasteiger partial charge in [-0.25, -0.2) is 9.37 Å². The molecule has 1 heterocycles. The van der Waals surface area contributed by atoms with Crippen LogP contribution < -0.4 is 11.3 Å². The number of alkyl halides is 3. The molecule has 1 amide bonds. The molecule has 0 atom stereocenters. The first-order valence-electron chi connectivity index (χ1n) is 7.93. The van der Waals surface area contributed by atoms with Crippen molar-refractivity contribution in [3.63, 3.8) is 0 Å². The van der Waals surface area contributed by atoms with Gasteiger partial charge in [-0.15, -0.1) is 0 Å². The van der Waals surface area contributed by atoms with Crippen LogP contribution in [-0.4, -0.2) is 15.5 Å². The first kappa shape index (κ1) is 19.3. The van der Waals surface area contributed by atoms with Crippen LogP contribution in [0.4, 0.5) is 17.6 Å². The molecule has 2 N–H and O–H groups in total. The van der Waals surface area contributed by atoms with E-state index >= 15 is 0 Å². The van der Waals surface area contributed by atoms with Gasteiger partial charge in [-0.05, 0) is 35.4 Å². The Morgan fingerprint density at radius 1 is 1.11 bits per heavy atom. The number of halogens is 4. The second kappa shape index (κ2) is 6.91. The molecule has 0 aliphatic rings. The minimum absolute atomic E-state index is 0.0734. The number of carbonyl (C=O) groups excluding carboxylic acids is 1. The number of aryl methyl sites for hydroxylation is 1. The lowest BCUT2D eigenvalue weighted by Gasteiger charge is -2.14. The predicted molar refractivity (Wildman–Crippen MR) is 93.8 cm³/mol. The highest BCUT2D eigenvalue weighted by molar-refractivity contribution is 5.91. The third-order valence-electron chi connectivity index (χ3n) is 4.04. The Bertz CT molecular complexity index is 1140. The molecule has 0 radical (unpaired) electrons. The van der Waals surface area contributed by atoms with E-state index in [2.05, 4.69) is 4.98 Å². The molecule has 0 bridgehead atoms. The van der Waals surface area contributed by atoms with Crippen LogP contribution in [0.15, 0.2) is 53.5 Å². The molecule has 3 rings (SSSR count). The van der Waals surface area contributed by atoms with Crippen LogP contribution in [0, 0.1) is 5.82 Å². The van der Waals surface area contributed by atoms with Crippen molar-refractivity contribution in [1.82, 2.24) is 9.55 Å². The van der Waals surface area contributed by atoms with Crippen molar-refractivity contribution in [3.05, 3.63) is 76.1 Å². The van der Waals surface area contributed by atoms with E-state index in [1.807, 2.05) is 0 Å². The summed E-state index contributed by atoms with van der Waals surface area (Å²) in [7, 11) is 1.35. The Kier molecular flexibility index (Phi) is 4.76. The number of benzene rings is 2.